The van der Waals surface area contributed by atoms with E-state index in [1.54, 1.807) is 0 Å². The highest BCUT2D eigenvalue weighted by Gasteiger charge is 2.37. The summed E-state index contributed by atoms with van der Waals surface area (Å²) >= 11 is 0. The topological polar surface area (TPSA) is 50.8 Å². The normalized spacial score (nSPS) is 18.8. The van der Waals surface area contributed by atoms with Gasteiger partial charge in [0, 0.05) is 43.1 Å². The minimum absolute atomic E-state index is 0.0835. The second-order valence-electron chi connectivity index (χ2n) is 9.44. The zero-order valence-corrected chi connectivity index (χ0v) is 19.7. The maximum atomic E-state index is 12.8. The molecule has 174 valence electrons. The van der Waals surface area contributed by atoms with Gasteiger partial charge in [0.15, 0.2) is 0 Å². The van der Waals surface area contributed by atoms with E-state index in [0.717, 1.165) is 60.7 Å². The maximum Gasteiger partial charge on any atom is 0.253 e. The van der Waals surface area contributed by atoms with Crippen molar-refractivity contribution >= 4 is 11.5 Å². The number of fused-ring (bicyclic) bond motifs is 1. The van der Waals surface area contributed by atoms with Gasteiger partial charge in [0.2, 0.25) is 0 Å². The quantitative estimate of drug-likeness (QED) is 0.657. The van der Waals surface area contributed by atoms with E-state index in [0.29, 0.717) is 19.0 Å². The van der Waals surface area contributed by atoms with Gasteiger partial charge in [0.1, 0.15) is 17.1 Å². The number of piperidine rings is 1. The van der Waals surface area contributed by atoms with E-state index in [-0.39, 0.29) is 11.5 Å². The molecule has 5 rings (SSSR count). The van der Waals surface area contributed by atoms with E-state index in [1.165, 1.54) is 18.4 Å². The number of carbonyl (C=O) groups excluding carboxylic acids is 1. The summed E-state index contributed by atoms with van der Waals surface area (Å²) in [6.07, 6.45) is 6.72. The van der Waals surface area contributed by atoms with E-state index >= 15 is 0 Å². The third-order valence-corrected chi connectivity index (χ3v) is 7.09. The number of hydrogen-bond acceptors (Lipinski definition) is 4. The molecule has 5 heteroatoms. The van der Waals surface area contributed by atoms with Gasteiger partial charge in [-0.3, -0.25) is 4.79 Å². The SMILES string of the molecule is CCN(CC)C(=O)c1ccc(C2=CC3(CCNCC3)Oc3cc(OCC4CC4)ccc32)cc1. The average molecular weight is 447 g/mol. The van der Waals surface area contributed by atoms with Gasteiger partial charge in [0.25, 0.3) is 5.91 Å². The molecule has 1 amide bonds. The highest BCUT2D eigenvalue weighted by Crippen LogP contribution is 2.44. The summed E-state index contributed by atoms with van der Waals surface area (Å²) in [5.74, 6) is 2.57. The van der Waals surface area contributed by atoms with E-state index in [9.17, 15) is 4.79 Å². The predicted molar refractivity (Wildman–Crippen MR) is 131 cm³/mol. The minimum Gasteiger partial charge on any atom is -0.493 e. The smallest absolute Gasteiger partial charge is 0.253 e. The Kier molecular flexibility index (Phi) is 6.15. The summed E-state index contributed by atoms with van der Waals surface area (Å²) in [6.45, 7) is 8.13. The average Bonchev–Trinajstić information content (AvgIpc) is 3.68. The van der Waals surface area contributed by atoms with E-state index < -0.39 is 0 Å². The first kappa shape index (κ1) is 22.0. The molecular weight excluding hydrogens is 412 g/mol. The molecule has 2 heterocycles. The van der Waals surface area contributed by atoms with Crippen LogP contribution in [-0.2, 0) is 0 Å². The molecule has 1 N–H and O–H groups in total. The number of ether oxygens (including phenoxy) is 2. The van der Waals surface area contributed by atoms with Crippen LogP contribution < -0.4 is 14.8 Å². The molecule has 0 atom stereocenters. The Morgan fingerprint density at radius 2 is 1.82 bits per heavy atom. The molecule has 2 fully saturated rings. The Hall–Kier alpha value is -2.79. The van der Waals surface area contributed by atoms with E-state index in [2.05, 4.69) is 41.7 Å². The van der Waals surface area contributed by atoms with E-state index in [1.807, 2.05) is 30.9 Å². The van der Waals surface area contributed by atoms with Crippen LogP contribution >= 0.6 is 0 Å². The zero-order chi connectivity index (χ0) is 22.8. The number of carbonyl (C=O) groups is 1. The summed E-state index contributed by atoms with van der Waals surface area (Å²) in [4.78, 5) is 14.6. The zero-order valence-electron chi connectivity index (χ0n) is 19.7. The Labute approximate surface area is 196 Å². The molecule has 2 aromatic carbocycles. The van der Waals surface area contributed by atoms with Crippen molar-refractivity contribution in [1.82, 2.24) is 10.2 Å². The first-order valence-electron chi connectivity index (χ1n) is 12.4. The van der Waals surface area contributed by atoms with Crippen LogP contribution in [0.4, 0.5) is 0 Å². The molecule has 0 aromatic heterocycles. The lowest BCUT2D eigenvalue weighted by atomic mass is 9.83. The molecular formula is C28H34N2O3. The third kappa shape index (κ3) is 4.65. The van der Waals surface area contributed by atoms with Gasteiger partial charge in [-0.05, 0) is 87.2 Å². The van der Waals surface area contributed by atoms with Crippen LogP contribution in [-0.4, -0.2) is 49.2 Å². The van der Waals surface area contributed by atoms with Crippen molar-refractivity contribution in [3.8, 4) is 11.5 Å². The first-order chi connectivity index (χ1) is 16.1. The van der Waals surface area contributed by atoms with Crippen molar-refractivity contribution in [2.24, 2.45) is 5.92 Å². The van der Waals surface area contributed by atoms with Crippen molar-refractivity contribution in [2.45, 2.75) is 45.1 Å². The van der Waals surface area contributed by atoms with Crippen molar-refractivity contribution in [3.05, 3.63) is 65.2 Å². The van der Waals surface area contributed by atoms with Crippen molar-refractivity contribution in [3.63, 3.8) is 0 Å². The van der Waals surface area contributed by atoms with Crippen LogP contribution in [0.2, 0.25) is 0 Å². The number of hydrogen-bond donors (Lipinski definition) is 1. The number of nitrogens with one attached hydrogen (secondary N) is 1. The van der Waals surface area contributed by atoms with Gasteiger partial charge in [0.05, 0.1) is 6.61 Å². The molecule has 0 unspecified atom stereocenters. The number of rotatable bonds is 7. The highest BCUT2D eigenvalue weighted by atomic mass is 16.5. The lowest BCUT2D eigenvalue weighted by Crippen LogP contribution is -2.46. The second-order valence-corrected chi connectivity index (χ2v) is 9.44. The van der Waals surface area contributed by atoms with Crippen LogP contribution in [0.3, 0.4) is 0 Å². The molecule has 0 radical (unpaired) electrons. The third-order valence-electron chi connectivity index (χ3n) is 7.09. The predicted octanol–water partition coefficient (Wildman–Crippen LogP) is 4.90. The highest BCUT2D eigenvalue weighted by molar-refractivity contribution is 5.95. The Morgan fingerprint density at radius 1 is 1.09 bits per heavy atom. The minimum atomic E-state index is -0.307. The lowest BCUT2D eigenvalue weighted by molar-refractivity contribution is 0.0772. The first-order valence-corrected chi connectivity index (χ1v) is 12.4. The molecule has 1 spiro atoms. The standard InChI is InChI=1S/C28H34N2O3/c1-3-30(4-2)27(31)22-9-7-21(8-10-22)25-18-28(13-15-29-16-14-28)33-26-17-23(11-12-24(25)26)32-19-20-5-6-20/h7-12,17-18,20,29H,3-6,13-16,19H2,1-2H3. The van der Waals surface area contributed by atoms with Crippen LogP contribution in [0.25, 0.3) is 5.57 Å². The molecule has 3 aliphatic rings. The van der Waals surface area contributed by atoms with Gasteiger partial charge in [-0.25, -0.2) is 0 Å². The van der Waals surface area contributed by atoms with Gasteiger partial charge in [-0.15, -0.1) is 0 Å². The fraction of sp³-hybridized carbons (Fsp3) is 0.464. The van der Waals surface area contributed by atoms with Gasteiger partial charge in [-0.1, -0.05) is 12.1 Å². The fourth-order valence-corrected chi connectivity index (χ4v) is 4.81. The molecule has 0 bridgehead atoms. The molecule has 5 nitrogen and oxygen atoms in total. The summed E-state index contributed by atoms with van der Waals surface area (Å²) in [7, 11) is 0. The fourth-order valence-electron chi connectivity index (χ4n) is 4.81. The molecule has 2 aliphatic heterocycles. The summed E-state index contributed by atoms with van der Waals surface area (Å²) in [6, 6.07) is 14.3. The van der Waals surface area contributed by atoms with Crippen molar-refractivity contribution in [2.75, 3.05) is 32.8 Å². The van der Waals surface area contributed by atoms with Crippen LogP contribution in [0.1, 0.15) is 61.0 Å². The van der Waals surface area contributed by atoms with Gasteiger partial charge >= 0.3 is 0 Å². The van der Waals surface area contributed by atoms with E-state index in [4.69, 9.17) is 9.47 Å². The molecule has 1 saturated carbocycles. The van der Waals surface area contributed by atoms with Gasteiger partial charge in [-0.2, -0.15) is 0 Å². The molecule has 1 aliphatic carbocycles. The Balaban J connectivity index is 1.47. The molecule has 33 heavy (non-hydrogen) atoms. The maximum absolute atomic E-state index is 12.8. The summed E-state index contributed by atoms with van der Waals surface area (Å²) in [5.41, 5.74) is 3.80. The van der Waals surface area contributed by atoms with Crippen LogP contribution in [0, 0.1) is 5.92 Å². The molecule has 2 aromatic rings. The lowest BCUT2D eigenvalue weighted by Gasteiger charge is -2.40. The van der Waals surface area contributed by atoms with Crippen molar-refractivity contribution in [1.29, 1.82) is 0 Å². The van der Waals surface area contributed by atoms with Crippen LogP contribution in [0.5, 0.6) is 11.5 Å². The number of amides is 1. The monoisotopic (exact) mass is 446 g/mol. The van der Waals surface area contributed by atoms with Crippen LogP contribution in [0.15, 0.2) is 48.5 Å². The largest absolute Gasteiger partial charge is 0.493 e. The summed E-state index contributed by atoms with van der Waals surface area (Å²) < 4.78 is 12.7. The summed E-state index contributed by atoms with van der Waals surface area (Å²) in [5, 5.41) is 3.45. The Bertz CT molecular complexity index is 1030. The molecule has 1 saturated heterocycles. The second kappa shape index (κ2) is 9.22. The van der Waals surface area contributed by atoms with Gasteiger partial charge < -0.3 is 19.7 Å². The Morgan fingerprint density at radius 3 is 2.48 bits per heavy atom. The van der Waals surface area contributed by atoms with Crippen molar-refractivity contribution < 1.29 is 14.3 Å². The number of nitrogens with zero attached hydrogens (tertiary/aromatic N) is 1. The number of benzene rings is 2.